The Morgan fingerprint density at radius 2 is 1.97 bits per heavy atom. The van der Waals surface area contributed by atoms with Gasteiger partial charge in [-0.3, -0.25) is 0 Å². The van der Waals surface area contributed by atoms with Crippen molar-refractivity contribution < 1.29 is 14.6 Å². The molecule has 1 aliphatic carbocycles. The number of carbonyl (C=O) groups excluding carboxylic acids is 1. The molecular weight excluding hydrogens is 408 g/mol. The van der Waals surface area contributed by atoms with Gasteiger partial charge in [-0.25, -0.2) is 14.8 Å². The molecule has 1 aromatic heterocycles. The van der Waals surface area contributed by atoms with Crippen LogP contribution in [0.3, 0.4) is 0 Å². The number of hydrogen-bond donors (Lipinski definition) is 4. The molecule has 2 fully saturated rings. The summed E-state index contributed by atoms with van der Waals surface area (Å²) in [4.78, 5) is 24.4. The first-order valence-electron chi connectivity index (χ1n) is 11.5. The first-order chi connectivity index (χ1) is 15.7. The Morgan fingerprint density at radius 3 is 2.72 bits per heavy atom. The molecule has 170 valence electrons. The fraction of sp³-hybridized carbons (Fsp3) is 0.522. The van der Waals surface area contributed by atoms with Crippen LogP contribution in [0.1, 0.15) is 30.5 Å². The van der Waals surface area contributed by atoms with Gasteiger partial charge >= 0.3 is 6.03 Å². The minimum Gasteiger partial charge on any atom is -0.391 e. The number of urea groups is 1. The van der Waals surface area contributed by atoms with Gasteiger partial charge in [0, 0.05) is 36.4 Å². The van der Waals surface area contributed by atoms with Crippen LogP contribution in [-0.2, 0) is 17.7 Å². The second-order valence-electron chi connectivity index (χ2n) is 8.60. The standard InChI is InChI=1S/C23H30N6O3/c30-20-3-1-2-18(20)27-23(31)25-16-6-4-15(5-7-16)21-26-19-14-24-9-8-17(19)22(28-21)29-10-12-32-13-11-29/h4-7,18,20,24,30H,1-3,8-14H2,(H2,25,27,31)/t18-,20+/m0/s1. The fourth-order valence-electron chi connectivity index (χ4n) is 4.65. The zero-order chi connectivity index (χ0) is 21.9. The third-order valence-electron chi connectivity index (χ3n) is 6.42. The smallest absolute Gasteiger partial charge is 0.319 e. The number of carbonyl (C=O) groups is 1. The molecule has 3 aliphatic rings. The number of rotatable bonds is 4. The van der Waals surface area contributed by atoms with Crippen molar-refractivity contribution in [2.24, 2.45) is 0 Å². The number of aromatic nitrogens is 2. The Kier molecular flexibility index (Phi) is 6.20. The van der Waals surface area contributed by atoms with E-state index in [1.807, 2.05) is 24.3 Å². The maximum absolute atomic E-state index is 12.3. The molecule has 0 bridgehead atoms. The van der Waals surface area contributed by atoms with Crippen LogP contribution in [0, 0.1) is 0 Å². The van der Waals surface area contributed by atoms with Gasteiger partial charge in [-0.05, 0) is 56.5 Å². The number of aliphatic hydroxyl groups is 1. The van der Waals surface area contributed by atoms with E-state index in [4.69, 9.17) is 14.7 Å². The fourth-order valence-corrected chi connectivity index (χ4v) is 4.65. The molecule has 5 rings (SSSR count). The Labute approximate surface area is 187 Å². The normalized spacial score (nSPS) is 23.0. The average Bonchev–Trinajstić information content (AvgIpc) is 3.23. The largest absolute Gasteiger partial charge is 0.391 e. The number of aliphatic hydroxyl groups excluding tert-OH is 1. The molecule has 2 atom stereocenters. The van der Waals surface area contributed by atoms with Gasteiger partial charge in [-0.1, -0.05) is 0 Å². The van der Waals surface area contributed by atoms with Crippen molar-refractivity contribution in [2.45, 2.75) is 44.4 Å². The molecule has 0 radical (unpaired) electrons. The highest BCUT2D eigenvalue weighted by Crippen LogP contribution is 2.28. The van der Waals surface area contributed by atoms with Crippen LogP contribution in [0.2, 0.25) is 0 Å². The lowest BCUT2D eigenvalue weighted by atomic mass is 10.1. The summed E-state index contributed by atoms with van der Waals surface area (Å²) >= 11 is 0. The zero-order valence-electron chi connectivity index (χ0n) is 18.1. The Balaban J connectivity index is 1.33. The van der Waals surface area contributed by atoms with Crippen molar-refractivity contribution in [1.82, 2.24) is 20.6 Å². The number of amides is 2. The maximum Gasteiger partial charge on any atom is 0.319 e. The van der Waals surface area contributed by atoms with E-state index in [0.29, 0.717) is 24.7 Å². The number of nitrogens with zero attached hydrogens (tertiary/aromatic N) is 3. The minimum absolute atomic E-state index is 0.176. The average molecular weight is 439 g/mol. The maximum atomic E-state index is 12.3. The molecule has 1 saturated carbocycles. The van der Waals surface area contributed by atoms with Crippen molar-refractivity contribution in [3.05, 3.63) is 35.5 Å². The molecule has 0 spiro atoms. The van der Waals surface area contributed by atoms with Crippen LogP contribution in [0.15, 0.2) is 24.3 Å². The predicted octanol–water partition coefficient (Wildman–Crippen LogP) is 1.66. The van der Waals surface area contributed by atoms with E-state index in [2.05, 4.69) is 20.9 Å². The quantitative estimate of drug-likeness (QED) is 0.574. The predicted molar refractivity (Wildman–Crippen MR) is 122 cm³/mol. The monoisotopic (exact) mass is 438 g/mol. The molecule has 32 heavy (non-hydrogen) atoms. The Bertz CT molecular complexity index is 961. The third-order valence-corrected chi connectivity index (χ3v) is 6.42. The molecule has 1 aromatic carbocycles. The van der Waals surface area contributed by atoms with Gasteiger partial charge in [0.15, 0.2) is 5.82 Å². The Morgan fingerprint density at radius 1 is 1.16 bits per heavy atom. The van der Waals surface area contributed by atoms with E-state index in [1.54, 1.807) is 0 Å². The van der Waals surface area contributed by atoms with Gasteiger partial charge in [0.2, 0.25) is 0 Å². The second-order valence-corrected chi connectivity index (χ2v) is 8.60. The number of ether oxygens (including phenoxy) is 1. The van der Waals surface area contributed by atoms with E-state index in [9.17, 15) is 9.90 Å². The van der Waals surface area contributed by atoms with Crippen molar-refractivity contribution >= 4 is 17.5 Å². The summed E-state index contributed by atoms with van der Waals surface area (Å²) in [5.41, 5.74) is 3.88. The number of benzene rings is 1. The number of morpholine rings is 1. The molecule has 0 unspecified atom stereocenters. The summed E-state index contributed by atoms with van der Waals surface area (Å²) in [5.74, 6) is 1.71. The summed E-state index contributed by atoms with van der Waals surface area (Å²) in [6.07, 6.45) is 2.95. The van der Waals surface area contributed by atoms with Crippen molar-refractivity contribution in [1.29, 1.82) is 0 Å². The molecule has 2 amide bonds. The van der Waals surface area contributed by atoms with E-state index < -0.39 is 6.10 Å². The molecule has 3 heterocycles. The van der Waals surface area contributed by atoms with Gasteiger partial charge in [-0.15, -0.1) is 0 Å². The second kappa shape index (κ2) is 9.40. The van der Waals surface area contributed by atoms with Crippen LogP contribution in [0.4, 0.5) is 16.3 Å². The highest BCUT2D eigenvalue weighted by molar-refractivity contribution is 5.89. The molecule has 9 nitrogen and oxygen atoms in total. The number of fused-ring (bicyclic) bond motifs is 1. The lowest BCUT2D eigenvalue weighted by molar-refractivity contribution is 0.122. The lowest BCUT2D eigenvalue weighted by Crippen LogP contribution is -2.42. The summed E-state index contributed by atoms with van der Waals surface area (Å²) < 4.78 is 5.52. The van der Waals surface area contributed by atoms with Crippen molar-refractivity contribution in [3.63, 3.8) is 0 Å². The summed E-state index contributed by atoms with van der Waals surface area (Å²) in [6.45, 7) is 4.79. The van der Waals surface area contributed by atoms with Crippen molar-refractivity contribution in [2.75, 3.05) is 43.1 Å². The SMILES string of the molecule is O=C(Nc1ccc(-c2nc3c(c(N4CCOCC4)n2)CCNC3)cc1)N[C@H]1CCC[C@H]1O. The topological polar surface area (TPSA) is 112 Å². The van der Waals surface area contributed by atoms with Gasteiger partial charge in [0.1, 0.15) is 5.82 Å². The molecule has 1 saturated heterocycles. The van der Waals surface area contributed by atoms with Gasteiger partial charge < -0.3 is 30.7 Å². The number of anilines is 2. The molecular formula is C23H30N6O3. The lowest BCUT2D eigenvalue weighted by Gasteiger charge is -2.31. The van der Waals surface area contributed by atoms with Gasteiger partial charge in [0.05, 0.1) is 31.1 Å². The van der Waals surface area contributed by atoms with Crippen molar-refractivity contribution in [3.8, 4) is 11.4 Å². The number of nitrogens with one attached hydrogen (secondary N) is 3. The third kappa shape index (κ3) is 4.55. The molecule has 2 aliphatic heterocycles. The highest BCUT2D eigenvalue weighted by atomic mass is 16.5. The zero-order valence-corrected chi connectivity index (χ0v) is 18.1. The minimum atomic E-state index is -0.459. The summed E-state index contributed by atoms with van der Waals surface area (Å²) in [5, 5.41) is 19.0. The van der Waals surface area contributed by atoms with Crippen LogP contribution in [-0.4, -0.2) is 66.1 Å². The van der Waals surface area contributed by atoms with E-state index in [1.165, 1.54) is 5.56 Å². The molecule has 2 aromatic rings. The number of hydrogen-bond acceptors (Lipinski definition) is 7. The first kappa shape index (κ1) is 21.1. The van der Waals surface area contributed by atoms with Crippen LogP contribution in [0.5, 0.6) is 0 Å². The van der Waals surface area contributed by atoms with Gasteiger partial charge in [-0.2, -0.15) is 0 Å². The summed E-state index contributed by atoms with van der Waals surface area (Å²) in [7, 11) is 0. The Hall–Kier alpha value is -2.75. The van der Waals surface area contributed by atoms with Crippen LogP contribution in [0.25, 0.3) is 11.4 Å². The van der Waals surface area contributed by atoms with Gasteiger partial charge in [0.25, 0.3) is 0 Å². The van der Waals surface area contributed by atoms with Crippen LogP contribution >= 0.6 is 0 Å². The van der Waals surface area contributed by atoms with E-state index in [-0.39, 0.29) is 12.1 Å². The van der Waals surface area contributed by atoms with E-state index >= 15 is 0 Å². The van der Waals surface area contributed by atoms with E-state index in [0.717, 1.165) is 68.9 Å². The molecule has 4 N–H and O–H groups in total. The molecule has 9 heteroatoms. The van der Waals surface area contributed by atoms with Crippen LogP contribution < -0.4 is 20.9 Å². The summed E-state index contributed by atoms with van der Waals surface area (Å²) in [6, 6.07) is 7.10. The highest BCUT2D eigenvalue weighted by Gasteiger charge is 2.26. The first-order valence-corrected chi connectivity index (χ1v) is 11.5.